The summed E-state index contributed by atoms with van der Waals surface area (Å²) in [5, 5.41) is 3.57. The summed E-state index contributed by atoms with van der Waals surface area (Å²) in [7, 11) is 2.09. The maximum absolute atomic E-state index is 5.61. The number of rotatable bonds is 6. The average molecular weight is 275 g/mol. The van der Waals surface area contributed by atoms with Crippen LogP contribution in [0.25, 0.3) is 0 Å². The minimum Gasteiger partial charge on any atom is -0.381 e. The molecular weight excluding hydrogens is 246 g/mol. The quantitative estimate of drug-likeness (QED) is 0.855. The second kappa shape index (κ2) is 7.24. The summed E-state index contributed by atoms with van der Waals surface area (Å²) in [6.07, 6.45) is 4.52. The first-order valence-electron chi connectivity index (χ1n) is 8.14. The molecular formula is C18H29NO. The smallest absolute Gasteiger partial charge is 0.0513 e. The van der Waals surface area contributed by atoms with Gasteiger partial charge in [0.2, 0.25) is 0 Å². The van der Waals surface area contributed by atoms with Gasteiger partial charge in [0.05, 0.1) is 6.61 Å². The first-order chi connectivity index (χ1) is 9.74. The summed E-state index contributed by atoms with van der Waals surface area (Å²) in [4.78, 5) is 0. The van der Waals surface area contributed by atoms with Crippen molar-refractivity contribution in [3.63, 3.8) is 0 Å². The zero-order valence-corrected chi connectivity index (χ0v) is 13.5. The largest absolute Gasteiger partial charge is 0.381 e. The Balaban J connectivity index is 2.45. The van der Waals surface area contributed by atoms with Crippen LogP contribution in [0.5, 0.6) is 0 Å². The van der Waals surface area contributed by atoms with E-state index in [1.165, 1.54) is 23.1 Å². The highest BCUT2D eigenvalue weighted by Crippen LogP contribution is 2.34. The molecule has 1 heterocycles. The van der Waals surface area contributed by atoms with Crippen molar-refractivity contribution in [2.45, 2.75) is 52.5 Å². The number of hydrogen-bond donors (Lipinski definition) is 1. The van der Waals surface area contributed by atoms with E-state index in [2.05, 4.69) is 45.3 Å². The first-order valence-corrected chi connectivity index (χ1v) is 8.14. The first kappa shape index (κ1) is 15.5. The monoisotopic (exact) mass is 275 g/mol. The molecule has 0 bridgehead atoms. The Hall–Kier alpha value is -0.860. The number of aryl methyl sites for hydroxylation is 3. The summed E-state index contributed by atoms with van der Waals surface area (Å²) in [6.45, 7) is 8.60. The SMILES string of the molecule is CCc1cc(CC)c(C(NC)C2CCOC2)c(CC)c1. The Morgan fingerprint density at radius 3 is 2.20 bits per heavy atom. The maximum atomic E-state index is 5.61. The van der Waals surface area contributed by atoms with Gasteiger partial charge in [-0.2, -0.15) is 0 Å². The van der Waals surface area contributed by atoms with Gasteiger partial charge >= 0.3 is 0 Å². The van der Waals surface area contributed by atoms with Gasteiger partial charge < -0.3 is 10.1 Å². The van der Waals surface area contributed by atoms with E-state index < -0.39 is 0 Å². The molecule has 112 valence electrons. The van der Waals surface area contributed by atoms with Crippen LogP contribution in [0.2, 0.25) is 0 Å². The molecule has 1 aromatic carbocycles. The molecule has 2 unspecified atom stereocenters. The molecule has 0 amide bonds. The molecule has 2 atom stereocenters. The molecule has 2 nitrogen and oxygen atoms in total. The summed E-state index contributed by atoms with van der Waals surface area (Å²) >= 11 is 0. The lowest BCUT2D eigenvalue weighted by molar-refractivity contribution is 0.177. The van der Waals surface area contributed by atoms with Gasteiger partial charge in [0.25, 0.3) is 0 Å². The fourth-order valence-electron chi connectivity index (χ4n) is 3.47. The Morgan fingerprint density at radius 1 is 1.15 bits per heavy atom. The summed E-state index contributed by atoms with van der Waals surface area (Å²) in [5.74, 6) is 0.614. The van der Waals surface area contributed by atoms with Crippen LogP contribution in [-0.2, 0) is 24.0 Å². The minimum atomic E-state index is 0.438. The molecule has 1 N–H and O–H groups in total. The zero-order valence-electron chi connectivity index (χ0n) is 13.5. The molecule has 0 spiro atoms. The molecule has 1 aromatic rings. The number of hydrogen-bond acceptors (Lipinski definition) is 2. The van der Waals surface area contributed by atoms with Crippen molar-refractivity contribution >= 4 is 0 Å². The van der Waals surface area contributed by atoms with Crippen molar-refractivity contribution in [2.75, 3.05) is 20.3 Å². The number of ether oxygens (including phenoxy) is 1. The van der Waals surface area contributed by atoms with Gasteiger partial charge in [0, 0.05) is 18.6 Å². The van der Waals surface area contributed by atoms with Crippen LogP contribution < -0.4 is 5.32 Å². The van der Waals surface area contributed by atoms with E-state index in [0.29, 0.717) is 12.0 Å². The van der Waals surface area contributed by atoms with E-state index in [1.54, 1.807) is 5.56 Å². The van der Waals surface area contributed by atoms with Gasteiger partial charge in [-0.05, 0) is 55.0 Å². The number of nitrogens with one attached hydrogen (secondary N) is 1. The van der Waals surface area contributed by atoms with E-state index in [4.69, 9.17) is 4.74 Å². The highest BCUT2D eigenvalue weighted by molar-refractivity contribution is 5.42. The lowest BCUT2D eigenvalue weighted by atomic mass is 9.83. The molecule has 20 heavy (non-hydrogen) atoms. The van der Waals surface area contributed by atoms with Crippen LogP contribution >= 0.6 is 0 Å². The van der Waals surface area contributed by atoms with E-state index in [1.807, 2.05) is 0 Å². The topological polar surface area (TPSA) is 21.3 Å². The van der Waals surface area contributed by atoms with Crippen LogP contribution in [0.1, 0.15) is 55.5 Å². The fraction of sp³-hybridized carbons (Fsp3) is 0.667. The standard InChI is InChI=1S/C18H29NO/c1-5-13-10-14(6-2)17(15(7-3)11-13)18(19-4)16-8-9-20-12-16/h10-11,16,18-19H,5-9,12H2,1-4H3. The Morgan fingerprint density at radius 2 is 1.80 bits per heavy atom. The predicted octanol–water partition coefficient (Wildman–Crippen LogP) is 3.67. The molecule has 2 rings (SSSR count). The Bertz CT molecular complexity index is 410. The van der Waals surface area contributed by atoms with Crippen LogP contribution in [0, 0.1) is 5.92 Å². The third-order valence-electron chi connectivity index (χ3n) is 4.64. The predicted molar refractivity (Wildman–Crippen MR) is 85.3 cm³/mol. The molecule has 1 aliphatic rings. The maximum Gasteiger partial charge on any atom is 0.0513 e. The fourth-order valence-corrected chi connectivity index (χ4v) is 3.47. The molecule has 0 aliphatic carbocycles. The van der Waals surface area contributed by atoms with E-state index in [-0.39, 0.29) is 0 Å². The third kappa shape index (κ3) is 3.07. The number of benzene rings is 1. The lowest BCUT2D eigenvalue weighted by Crippen LogP contribution is -2.28. The highest BCUT2D eigenvalue weighted by Gasteiger charge is 2.28. The third-order valence-corrected chi connectivity index (χ3v) is 4.64. The van der Waals surface area contributed by atoms with Crippen molar-refractivity contribution in [1.82, 2.24) is 5.32 Å². The van der Waals surface area contributed by atoms with E-state index >= 15 is 0 Å². The molecule has 1 aliphatic heterocycles. The van der Waals surface area contributed by atoms with Crippen molar-refractivity contribution in [3.8, 4) is 0 Å². The molecule has 1 saturated heterocycles. The average Bonchev–Trinajstić information content (AvgIpc) is 3.01. The summed E-state index contributed by atoms with van der Waals surface area (Å²) in [6, 6.07) is 5.26. The summed E-state index contributed by atoms with van der Waals surface area (Å²) < 4.78 is 5.61. The van der Waals surface area contributed by atoms with Gasteiger partial charge in [-0.15, -0.1) is 0 Å². The van der Waals surface area contributed by atoms with Crippen LogP contribution in [0.3, 0.4) is 0 Å². The van der Waals surface area contributed by atoms with Gasteiger partial charge in [-0.1, -0.05) is 32.9 Å². The summed E-state index contributed by atoms with van der Waals surface area (Å²) in [5.41, 5.74) is 6.06. The normalized spacial score (nSPS) is 20.3. The van der Waals surface area contributed by atoms with Crippen molar-refractivity contribution in [1.29, 1.82) is 0 Å². The zero-order chi connectivity index (χ0) is 14.5. The van der Waals surface area contributed by atoms with Crippen LogP contribution in [0.15, 0.2) is 12.1 Å². The molecule has 0 saturated carbocycles. The van der Waals surface area contributed by atoms with Crippen LogP contribution in [0.4, 0.5) is 0 Å². The van der Waals surface area contributed by atoms with Gasteiger partial charge in [-0.25, -0.2) is 0 Å². The van der Waals surface area contributed by atoms with E-state index in [9.17, 15) is 0 Å². The second-order valence-corrected chi connectivity index (χ2v) is 5.78. The Kier molecular flexibility index (Phi) is 5.62. The van der Waals surface area contributed by atoms with Crippen molar-refractivity contribution in [2.24, 2.45) is 5.92 Å². The Labute approximate surface area is 123 Å². The van der Waals surface area contributed by atoms with Gasteiger partial charge in [-0.3, -0.25) is 0 Å². The molecule has 2 heteroatoms. The molecule has 1 fully saturated rings. The van der Waals surface area contributed by atoms with Crippen LogP contribution in [-0.4, -0.2) is 20.3 Å². The van der Waals surface area contributed by atoms with Crippen molar-refractivity contribution in [3.05, 3.63) is 34.4 Å². The molecule has 0 aromatic heterocycles. The van der Waals surface area contributed by atoms with Crippen molar-refractivity contribution < 1.29 is 4.74 Å². The van der Waals surface area contributed by atoms with E-state index in [0.717, 1.165) is 32.5 Å². The molecule has 0 radical (unpaired) electrons. The second-order valence-electron chi connectivity index (χ2n) is 5.78. The van der Waals surface area contributed by atoms with Gasteiger partial charge in [0.15, 0.2) is 0 Å². The highest BCUT2D eigenvalue weighted by atomic mass is 16.5. The lowest BCUT2D eigenvalue weighted by Gasteiger charge is -2.28. The van der Waals surface area contributed by atoms with Gasteiger partial charge in [0.1, 0.15) is 0 Å². The minimum absolute atomic E-state index is 0.438.